The molecule has 1 aliphatic carbocycles. The molecule has 4 atom stereocenters. The predicted molar refractivity (Wildman–Crippen MR) is 209 cm³/mol. The average molecular weight is 747 g/mol. The van der Waals surface area contributed by atoms with Crippen LogP contribution in [0.15, 0.2) is 65.9 Å². The van der Waals surface area contributed by atoms with Gasteiger partial charge in [0.25, 0.3) is 0 Å². The highest BCUT2D eigenvalue weighted by molar-refractivity contribution is 5.90. The third kappa shape index (κ3) is 7.67. The first-order valence-electron chi connectivity index (χ1n) is 19.6. The van der Waals surface area contributed by atoms with Crippen LogP contribution in [0.4, 0.5) is 4.79 Å². The number of aliphatic imine (C=N–C) groups is 1. The number of amides is 3. The van der Waals surface area contributed by atoms with Crippen molar-refractivity contribution in [2.45, 2.75) is 76.5 Å². The number of nitrogens with one attached hydrogen (secondary N) is 5. The van der Waals surface area contributed by atoms with Crippen molar-refractivity contribution >= 4 is 23.9 Å². The van der Waals surface area contributed by atoms with Crippen molar-refractivity contribution in [3.8, 4) is 33.6 Å². The molecule has 4 aliphatic rings. The summed E-state index contributed by atoms with van der Waals surface area (Å²) in [5.74, 6) is 2.54. The molecule has 2 aromatic heterocycles. The molecule has 1 saturated carbocycles. The SMILES string of the molecule is COC(=O)NC(C(=O)N1CCC[C@H]1c1ncc(-c2ccc(-c3ccc(-c4cnc([C@@H]5CCCN5C(=O)[C@H](NC5=NCCN5)C(C)C)[nH]4)cc3)cc2)[nH]1)C1CC1. The van der Waals surface area contributed by atoms with E-state index in [0.717, 1.165) is 96.9 Å². The maximum Gasteiger partial charge on any atom is 0.407 e. The number of rotatable bonds is 11. The summed E-state index contributed by atoms with van der Waals surface area (Å²) in [5.41, 5.74) is 6.01. The number of alkyl carbamates (subject to hydrolysis) is 1. The van der Waals surface area contributed by atoms with Crippen LogP contribution in [-0.4, -0.2) is 99.0 Å². The van der Waals surface area contributed by atoms with Gasteiger partial charge in [0.15, 0.2) is 5.96 Å². The number of aromatic amines is 2. The Kier molecular flexibility index (Phi) is 10.3. The quantitative estimate of drug-likeness (QED) is 0.140. The smallest absolute Gasteiger partial charge is 0.407 e. The van der Waals surface area contributed by atoms with Gasteiger partial charge < -0.3 is 40.5 Å². The third-order valence-corrected chi connectivity index (χ3v) is 11.3. The van der Waals surface area contributed by atoms with Gasteiger partial charge in [0.05, 0.1) is 49.5 Å². The summed E-state index contributed by atoms with van der Waals surface area (Å²) in [6.45, 7) is 6.97. The lowest BCUT2D eigenvalue weighted by Gasteiger charge is -2.30. The van der Waals surface area contributed by atoms with Gasteiger partial charge in [0.1, 0.15) is 23.7 Å². The molecule has 14 heteroatoms. The van der Waals surface area contributed by atoms with Crippen molar-refractivity contribution in [2.24, 2.45) is 16.8 Å². The van der Waals surface area contributed by atoms with Gasteiger partial charge in [-0.25, -0.2) is 14.8 Å². The van der Waals surface area contributed by atoms with Crippen molar-refractivity contribution in [2.75, 3.05) is 33.3 Å². The molecule has 3 amide bonds. The standard InChI is InChI=1S/C41H50N10O4/c1-24(2)34(48-40-42-18-19-43-40)38(52)50-20-4-6-32(50)36-44-22-30(46-36)27-12-8-25(9-13-27)26-10-14-28(15-11-26)31-23-45-37(47-31)33-7-5-21-51(33)39(53)35(29-16-17-29)49-41(54)55-3/h8-15,22-24,29,32-35H,4-7,16-21H2,1-3H3,(H,44,46)(H,45,47)(H,49,54)(H2,42,43,48)/t32-,33-,34+,35?/m0/s1. The molecule has 4 aromatic rings. The van der Waals surface area contributed by atoms with Crippen molar-refractivity contribution < 1.29 is 19.1 Å². The molecule has 14 nitrogen and oxygen atoms in total. The summed E-state index contributed by atoms with van der Waals surface area (Å²) in [6, 6.07) is 15.6. The first-order valence-corrected chi connectivity index (χ1v) is 19.6. The molecular formula is C41H50N10O4. The summed E-state index contributed by atoms with van der Waals surface area (Å²) >= 11 is 0. The van der Waals surface area contributed by atoms with E-state index in [9.17, 15) is 14.4 Å². The van der Waals surface area contributed by atoms with E-state index in [0.29, 0.717) is 19.0 Å². The van der Waals surface area contributed by atoms with E-state index in [1.807, 2.05) is 22.2 Å². The number of guanidine groups is 1. The largest absolute Gasteiger partial charge is 0.453 e. The molecular weight excluding hydrogens is 697 g/mol. The van der Waals surface area contributed by atoms with Crippen LogP contribution in [0.1, 0.15) is 76.1 Å². The van der Waals surface area contributed by atoms with Crippen LogP contribution >= 0.6 is 0 Å². The van der Waals surface area contributed by atoms with E-state index < -0.39 is 12.1 Å². The van der Waals surface area contributed by atoms with Gasteiger partial charge >= 0.3 is 6.09 Å². The zero-order chi connectivity index (χ0) is 38.1. The van der Waals surface area contributed by atoms with Crippen LogP contribution in [0.2, 0.25) is 0 Å². The topological polar surface area (TPSA) is 173 Å². The lowest BCUT2D eigenvalue weighted by Crippen LogP contribution is -2.53. The van der Waals surface area contributed by atoms with Gasteiger partial charge in [-0.15, -0.1) is 0 Å². The second-order valence-corrected chi connectivity index (χ2v) is 15.4. The van der Waals surface area contributed by atoms with Gasteiger partial charge in [-0.3, -0.25) is 14.6 Å². The maximum absolute atomic E-state index is 13.8. The number of carbonyl (C=O) groups excluding carboxylic acids is 3. The van der Waals surface area contributed by atoms with Crippen LogP contribution in [0.3, 0.4) is 0 Å². The fourth-order valence-corrected chi connectivity index (χ4v) is 8.13. The van der Waals surface area contributed by atoms with Gasteiger partial charge in [0, 0.05) is 19.6 Å². The fourth-order valence-electron chi connectivity index (χ4n) is 8.13. The summed E-state index contributed by atoms with van der Waals surface area (Å²) in [7, 11) is 1.32. The van der Waals surface area contributed by atoms with Gasteiger partial charge in [-0.05, 0) is 72.6 Å². The number of imidazole rings is 2. The lowest BCUT2D eigenvalue weighted by atomic mass is 10.0. The molecule has 0 spiro atoms. The van der Waals surface area contributed by atoms with E-state index in [4.69, 9.17) is 14.7 Å². The van der Waals surface area contributed by atoms with Crippen LogP contribution in [0.25, 0.3) is 33.6 Å². The number of hydrogen-bond donors (Lipinski definition) is 5. The maximum atomic E-state index is 13.8. The number of nitrogens with zero attached hydrogens (tertiary/aromatic N) is 5. The highest BCUT2D eigenvalue weighted by Crippen LogP contribution is 2.38. The monoisotopic (exact) mass is 746 g/mol. The Labute approximate surface area is 320 Å². The number of H-pyrrole nitrogens is 2. The molecule has 3 fully saturated rings. The predicted octanol–water partition coefficient (Wildman–Crippen LogP) is 5.17. The van der Waals surface area contributed by atoms with Crippen molar-refractivity contribution in [3.63, 3.8) is 0 Å². The first-order chi connectivity index (χ1) is 26.8. The Morgan fingerprint density at radius 1 is 0.764 bits per heavy atom. The van der Waals surface area contributed by atoms with Crippen molar-refractivity contribution in [1.29, 1.82) is 0 Å². The summed E-state index contributed by atoms with van der Waals surface area (Å²) in [4.78, 5) is 64.0. The highest BCUT2D eigenvalue weighted by atomic mass is 16.5. The van der Waals surface area contributed by atoms with E-state index in [1.54, 1.807) is 0 Å². The summed E-state index contributed by atoms with van der Waals surface area (Å²) in [6.07, 6.45) is 8.45. The summed E-state index contributed by atoms with van der Waals surface area (Å²) < 4.78 is 4.79. The van der Waals surface area contributed by atoms with Gasteiger partial charge in [-0.1, -0.05) is 62.4 Å². The summed E-state index contributed by atoms with van der Waals surface area (Å²) in [5, 5.41) is 9.33. The molecule has 1 unspecified atom stereocenters. The Morgan fingerprint density at radius 2 is 1.29 bits per heavy atom. The van der Waals surface area contributed by atoms with E-state index in [2.05, 4.69) is 93.3 Å². The minimum atomic E-state index is -0.577. The van der Waals surface area contributed by atoms with E-state index in [-0.39, 0.29) is 41.8 Å². The third-order valence-electron chi connectivity index (χ3n) is 11.3. The van der Waals surface area contributed by atoms with Crippen molar-refractivity contribution in [3.05, 3.63) is 72.6 Å². The number of benzene rings is 2. The van der Waals surface area contributed by atoms with Gasteiger partial charge in [0.2, 0.25) is 11.8 Å². The Bertz CT molecular complexity index is 2030. The van der Waals surface area contributed by atoms with E-state index in [1.165, 1.54) is 7.11 Å². The molecule has 288 valence electrons. The minimum Gasteiger partial charge on any atom is -0.453 e. The normalized spacial score (nSPS) is 20.6. The second kappa shape index (κ2) is 15.6. The van der Waals surface area contributed by atoms with Crippen LogP contribution in [0, 0.1) is 11.8 Å². The minimum absolute atomic E-state index is 0.0687. The molecule has 3 aliphatic heterocycles. The molecule has 5 heterocycles. The molecule has 8 rings (SSSR count). The molecule has 0 radical (unpaired) electrons. The molecule has 55 heavy (non-hydrogen) atoms. The van der Waals surface area contributed by atoms with Crippen molar-refractivity contribution in [1.82, 2.24) is 45.7 Å². The number of carbonyl (C=O) groups is 3. The Hall–Kier alpha value is -5.66. The van der Waals surface area contributed by atoms with E-state index >= 15 is 0 Å². The fraction of sp³-hybridized carbons (Fsp3) is 0.463. The first kappa shape index (κ1) is 36.3. The molecule has 2 aromatic carbocycles. The van der Waals surface area contributed by atoms with Gasteiger partial charge in [-0.2, -0.15) is 0 Å². The number of aromatic nitrogens is 4. The number of likely N-dealkylation sites (tertiary alicyclic amines) is 2. The highest BCUT2D eigenvalue weighted by Gasteiger charge is 2.43. The molecule has 2 saturated heterocycles. The second-order valence-electron chi connectivity index (χ2n) is 15.4. The Balaban J connectivity index is 0.909. The number of hydrogen-bond acceptors (Lipinski definition) is 9. The zero-order valence-corrected chi connectivity index (χ0v) is 31.7. The molecule has 0 bridgehead atoms. The van der Waals surface area contributed by atoms with Crippen LogP contribution < -0.4 is 16.0 Å². The zero-order valence-electron chi connectivity index (χ0n) is 31.7. The van der Waals surface area contributed by atoms with Crippen LogP contribution in [0.5, 0.6) is 0 Å². The average Bonchev–Trinajstić information content (AvgIpc) is 3.86. The number of ether oxygens (including phenoxy) is 1. The Morgan fingerprint density at radius 3 is 1.76 bits per heavy atom. The molecule has 5 N–H and O–H groups in total. The number of methoxy groups -OCH3 is 1. The lowest BCUT2D eigenvalue weighted by molar-refractivity contribution is -0.135. The van der Waals surface area contributed by atoms with Crippen LogP contribution in [-0.2, 0) is 14.3 Å².